The van der Waals surface area contributed by atoms with Crippen molar-refractivity contribution < 1.29 is 0 Å². The van der Waals surface area contributed by atoms with E-state index in [9.17, 15) is 0 Å². The molecule has 0 N–H and O–H groups in total. The SMILES string of the molecule is c1ccc2nc(-c3ccc4c5ccccc5n(-c5ccc6c7ccccc7n(-c7nccc8ccccc78)c6c5)c4c3)ccc2c1. The summed E-state index contributed by atoms with van der Waals surface area (Å²) in [5, 5.41) is 8.31. The van der Waals surface area contributed by atoms with Gasteiger partial charge in [0, 0.05) is 49.8 Å². The number of hydrogen-bond acceptors (Lipinski definition) is 2. The molecule has 0 aliphatic carbocycles. The van der Waals surface area contributed by atoms with Crippen LogP contribution in [0.1, 0.15) is 0 Å². The smallest absolute Gasteiger partial charge is 0.145 e. The highest BCUT2D eigenvalue weighted by Crippen LogP contribution is 2.38. The summed E-state index contributed by atoms with van der Waals surface area (Å²) >= 11 is 0. The van der Waals surface area contributed by atoms with Crippen molar-refractivity contribution in [3.05, 3.63) is 158 Å². The molecule has 0 bridgehead atoms. The molecule has 0 amide bonds. The van der Waals surface area contributed by atoms with Gasteiger partial charge in [0.05, 0.1) is 33.3 Å². The van der Waals surface area contributed by atoms with Crippen LogP contribution >= 0.6 is 0 Å². The Morgan fingerprint density at radius 3 is 1.87 bits per heavy atom. The number of aromatic nitrogens is 4. The predicted molar refractivity (Wildman–Crippen MR) is 191 cm³/mol. The summed E-state index contributed by atoms with van der Waals surface area (Å²) in [7, 11) is 0. The second kappa shape index (κ2) is 9.62. The lowest BCUT2D eigenvalue weighted by atomic mass is 10.1. The molecule has 0 aliphatic rings. The lowest BCUT2D eigenvalue weighted by Gasteiger charge is -2.12. The van der Waals surface area contributed by atoms with Gasteiger partial charge in [-0.05, 0) is 53.9 Å². The molecular weight excluding hydrogens is 560 g/mol. The second-order valence-electron chi connectivity index (χ2n) is 11.9. The van der Waals surface area contributed by atoms with Crippen molar-refractivity contribution in [2.24, 2.45) is 0 Å². The monoisotopic (exact) mass is 586 g/mol. The van der Waals surface area contributed by atoms with Gasteiger partial charge in [-0.25, -0.2) is 9.97 Å². The Bertz CT molecular complexity index is 2810. The molecule has 10 aromatic rings. The van der Waals surface area contributed by atoms with E-state index in [0.717, 1.165) is 55.6 Å². The molecule has 0 saturated carbocycles. The fraction of sp³-hybridized carbons (Fsp3) is 0. The van der Waals surface area contributed by atoms with E-state index in [1.165, 1.54) is 32.4 Å². The topological polar surface area (TPSA) is 35.6 Å². The second-order valence-corrected chi connectivity index (χ2v) is 11.9. The van der Waals surface area contributed by atoms with Gasteiger partial charge in [0.15, 0.2) is 0 Å². The fourth-order valence-electron chi connectivity index (χ4n) is 7.24. The molecule has 4 aromatic heterocycles. The van der Waals surface area contributed by atoms with Crippen molar-refractivity contribution in [2.75, 3.05) is 0 Å². The Balaban J connectivity index is 1.26. The van der Waals surface area contributed by atoms with Crippen LogP contribution in [0.5, 0.6) is 0 Å². The highest BCUT2D eigenvalue weighted by Gasteiger charge is 2.18. The zero-order valence-corrected chi connectivity index (χ0v) is 24.8. The van der Waals surface area contributed by atoms with Gasteiger partial charge >= 0.3 is 0 Å². The maximum Gasteiger partial charge on any atom is 0.145 e. The zero-order valence-electron chi connectivity index (χ0n) is 24.8. The molecule has 0 fully saturated rings. The van der Waals surface area contributed by atoms with Gasteiger partial charge in [-0.2, -0.15) is 0 Å². The molecule has 6 aromatic carbocycles. The summed E-state index contributed by atoms with van der Waals surface area (Å²) in [6, 6.07) is 54.0. The Kier molecular flexibility index (Phi) is 5.25. The Hall–Kier alpha value is -6.26. The number of benzene rings is 6. The standard InChI is InChI=1S/C42H26N4/c1-3-11-31-27(9-1)23-24-43-42(31)46-39-16-8-5-13-33(39)35-21-19-30(26-41(35)46)45-38-15-7-4-12-32(38)34-20-17-29(25-40(34)45)37-22-18-28-10-2-6-14-36(28)44-37/h1-26H. The number of fused-ring (bicyclic) bond motifs is 8. The first-order chi connectivity index (χ1) is 22.8. The Morgan fingerprint density at radius 1 is 0.413 bits per heavy atom. The van der Waals surface area contributed by atoms with Crippen molar-refractivity contribution in [3.63, 3.8) is 0 Å². The van der Waals surface area contributed by atoms with Crippen LogP contribution in [-0.4, -0.2) is 19.1 Å². The number of nitrogens with zero attached hydrogens (tertiary/aromatic N) is 4. The van der Waals surface area contributed by atoms with Crippen LogP contribution in [0.15, 0.2) is 158 Å². The van der Waals surface area contributed by atoms with Crippen LogP contribution in [0.2, 0.25) is 0 Å². The van der Waals surface area contributed by atoms with Gasteiger partial charge in [-0.1, -0.05) is 103 Å². The lowest BCUT2D eigenvalue weighted by molar-refractivity contribution is 1.10. The molecule has 4 nitrogen and oxygen atoms in total. The van der Waals surface area contributed by atoms with Crippen molar-refractivity contribution in [2.45, 2.75) is 0 Å². The molecule has 4 heterocycles. The molecule has 0 atom stereocenters. The summed E-state index contributed by atoms with van der Waals surface area (Å²) in [5.74, 6) is 0.938. The number of rotatable bonds is 3. The molecule has 0 saturated heterocycles. The minimum atomic E-state index is 0.938. The molecule has 4 heteroatoms. The van der Waals surface area contributed by atoms with Crippen LogP contribution in [0.3, 0.4) is 0 Å². The first kappa shape index (κ1) is 25.1. The summed E-state index contributed by atoms with van der Waals surface area (Å²) in [5.41, 5.74) is 8.76. The first-order valence-electron chi connectivity index (χ1n) is 15.6. The summed E-state index contributed by atoms with van der Waals surface area (Å²) in [4.78, 5) is 9.98. The number of pyridine rings is 2. The quantitative estimate of drug-likeness (QED) is 0.206. The van der Waals surface area contributed by atoms with Crippen LogP contribution in [0.25, 0.3) is 88.0 Å². The lowest BCUT2D eigenvalue weighted by Crippen LogP contribution is -2.00. The van der Waals surface area contributed by atoms with Gasteiger partial charge < -0.3 is 4.57 Å². The Labute approximate surface area is 264 Å². The maximum atomic E-state index is 5.02. The van der Waals surface area contributed by atoms with E-state index < -0.39 is 0 Å². The first-order valence-corrected chi connectivity index (χ1v) is 15.6. The van der Waals surface area contributed by atoms with E-state index in [0.29, 0.717) is 0 Å². The maximum absolute atomic E-state index is 5.02. The van der Waals surface area contributed by atoms with E-state index in [2.05, 4.69) is 155 Å². The van der Waals surface area contributed by atoms with Crippen LogP contribution < -0.4 is 0 Å². The van der Waals surface area contributed by atoms with Gasteiger partial charge in [0.1, 0.15) is 5.82 Å². The number of para-hydroxylation sites is 3. The van der Waals surface area contributed by atoms with E-state index in [1.54, 1.807) is 0 Å². The summed E-state index contributed by atoms with van der Waals surface area (Å²) in [6.45, 7) is 0. The summed E-state index contributed by atoms with van der Waals surface area (Å²) in [6.07, 6.45) is 1.91. The van der Waals surface area contributed by atoms with Crippen LogP contribution in [-0.2, 0) is 0 Å². The highest BCUT2D eigenvalue weighted by molar-refractivity contribution is 6.13. The zero-order chi connectivity index (χ0) is 30.2. The van der Waals surface area contributed by atoms with E-state index in [4.69, 9.17) is 9.97 Å². The minimum Gasteiger partial charge on any atom is -0.309 e. The molecule has 0 radical (unpaired) electrons. The van der Waals surface area contributed by atoms with Gasteiger partial charge in [0.25, 0.3) is 0 Å². The average molecular weight is 587 g/mol. The highest BCUT2D eigenvalue weighted by atomic mass is 15.1. The van der Waals surface area contributed by atoms with E-state index in [1.807, 2.05) is 12.3 Å². The molecular formula is C42H26N4. The van der Waals surface area contributed by atoms with Crippen molar-refractivity contribution in [1.82, 2.24) is 19.1 Å². The third-order valence-electron chi connectivity index (χ3n) is 9.35. The van der Waals surface area contributed by atoms with Crippen molar-refractivity contribution in [3.8, 4) is 22.8 Å². The van der Waals surface area contributed by atoms with Crippen LogP contribution in [0, 0.1) is 0 Å². The fourth-order valence-corrected chi connectivity index (χ4v) is 7.24. The third-order valence-corrected chi connectivity index (χ3v) is 9.35. The van der Waals surface area contributed by atoms with Crippen LogP contribution in [0.4, 0.5) is 0 Å². The molecule has 46 heavy (non-hydrogen) atoms. The normalized spacial score (nSPS) is 11.9. The van der Waals surface area contributed by atoms with Gasteiger partial charge in [-0.15, -0.1) is 0 Å². The average Bonchev–Trinajstić information content (AvgIpc) is 3.63. The predicted octanol–water partition coefficient (Wildman–Crippen LogP) is 10.6. The van der Waals surface area contributed by atoms with Crippen molar-refractivity contribution >= 4 is 65.3 Å². The summed E-state index contributed by atoms with van der Waals surface area (Å²) < 4.78 is 4.72. The molecule has 214 valence electrons. The largest absolute Gasteiger partial charge is 0.309 e. The minimum absolute atomic E-state index is 0.938. The number of hydrogen-bond donors (Lipinski definition) is 0. The molecule has 0 unspecified atom stereocenters. The van der Waals surface area contributed by atoms with Gasteiger partial charge in [-0.3, -0.25) is 4.57 Å². The molecule has 0 spiro atoms. The molecule has 0 aliphatic heterocycles. The van der Waals surface area contributed by atoms with Crippen molar-refractivity contribution in [1.29, 1.82) is 0 Å². The van der Waals surface area contributed by atoms with Gasteiger partial charge in [0.2, 0.25) is 0 Å². The third kappa shape index (κ3) is 3.61. The Morgan fingerprint density at radius 2 is 1.04 bits per heavy atom. The molecule has 10 rings (SSSR count). The van der Waals surface area contributed by atoms with E-state index in [-0.39, 0.29) is 0 Å². The van der Waals surface area contributed by atoms with E-state index >= 15 is 0 Å².